The molecule has 0 aromatic heterocycles. The number of aliphatic imine (C=N–C) groups is 1. The highest BCUT2D eigenvalue weighted by molar-refractivity contribution is 6.13. The van der Waals surface area contributed by atoms with Crippen molar-refractivity contribution in [3.8, 4) is 23.0 Å². The van der Waals surface area contributed by atoms with Crippen molar-refractivity contribution in [2.75, 3.05) is 20.8 Å². The molecule has 2 aromatic rings. The van der Waals surface area contributed by atoms with Crippen LogP contribution in [0.4, 0.5) is 8.78 Å². The first-order valence-electron chi connectivity index (χ1n) is 8.91. The molecule has 30 heavy (non-hydrogen) atoms. The predicted octanol–water partition coefficient (Wildman–Crippen LogP) is 4.05. The first-order chi connectivity index (χ1) is 14.4. The fourth-order valence-electron chi connectivity index (χ4n) is 2.74. The molecule has 3 rings (SSSR count). The van der Waals surface area contributed by atoms with Crippen LogP contribution < -0.4 is 18.9 Å². The molecule has 0 saturated heterocycles. The Morgan fingerprint density at radius 3 is 2.43 bits per heavy atom. The van der Waals surface area contributed by atoms with Crippen molar-refractivity contribution in [2.45, 2.75) is 13.5 Å². The van der Waals surface area contributed by atoms with Crippen LogP contribution in [0.1, 0.15) is 18.1 Å². The summed E-state index contributed by atoms with van der Waals surface area (Å²) in [7, 11) is 3.01. The lowest BCUT2D eigenvalue weighted by Crippen LogP contribution is -2.06. The minimum atomic E-state index is -2.98. The minimum Gasteiger partial charge on any atom is -0.493 e. The van der Waals surface area contributed by atoms with E-state index in [1.165, 1.54) is 38.5 Å². The molecule has 158 valence electrons. The molecule has 0 radical (unpaired) electrons. The smallest absolute Gasteiger partial charge is 0.387 e. The van der Waals surface area contributed by atoms with Gasteiger partial charge in [-0.3, -0.25) is 0 Å². The second-order valence-corrected chi connectivity index (χ2v) is 5.92. The number of halogens is 2. The van der Waals surface area contributed by atoms with E-state index in [-0.39, 0.29) is 29.7 Å². The zero-order valence-electron chi connectivity index (χ0n) is 16.5. The second kappa shape index (κ2) is 9.25. The molecule has 0 amide bonds. The molecule has 1 aliphatic heterocycles. The van der Waals surface area contributed by atoms with E-state index >= 15 is 0 Å². The van der Waals surface area contributed by atoms with E-state index in [2.05, 4.69) is 9.73 Å². The van der Waals surface area contributed by atoms with Gasteiger partial charge in [0.2, 0.25) is 5.90 Å². The average Bonchev–Trinajstić information content (AvgIpc) is 3.09. The first kappa shape index (κ1) is 21.1. The summed E-state index contributed by atoms with van der Waals surface area (Å²) < 4.78 is 50.5. The van der Waals surface area contributed by atoms with E-state index in [1.54, 1.807) is 25.1 Å². The Morgan fingerprint density at radius 1 is 1.03 bits per heavy atom. The number of ether oxygens (including phenoxy) is 5. The fraction of sp³-hybridized carbons (Fsp3) is 0.238. The molecule has 0 saturated carbocycles. The molecule has 7 nitrogen and oxygen atoms in total. The van der Waals surface area contributed by atoms with Crippen LogP contribution in [-0.4, -0.2) is 39.3 Å². The number of carbonyl (C=O) groups excluding carboxylic acids is 1. The van der Waals surface area contributed by atoms with E-state index in [1.807, 2.05) is 0 Å². The molecule has 9 heteroatoms. The number of carbonyl (C=O) groups is 1. The van der Waals surface area contributed by atoms with Gasteiger partial charge in [0.05, 0.1) is 20.8 Å². The number of esters is 1. The first-order valence-corrected chi connectivity index (χ1v) is 8.91. The van der Waals surface area contributed by atoms with Gasteiger partial charge in [0.15, 0.2) is 28.7 Å². The number of alkyl halides is 2. The maximum absolute atomic E-state index is 12.5. The third-order valence-corrected chi connectivity index (χ3v) is 4.04. The largest absolute Gasteiger partial charge is 0.493 e. The maximum atomic E-state index is 12.5. The molecular weight excluding hydrogens is 400 g/mol. The van der Waals surface area contributed by atoms with Crippen LogP contribution in [0, 0.1) is 0 Å². The summed E-state index contributed by atoms with van der Waals surface area (Å²) >= 11 is 0. The Labute approximate surface area is 171 Å². The Balaban J connectivity index is 1.91. The lowest BCUT2D eigenvalue weighted by Gasteiger charge is -2.11. The number of methoxy groups -OCH3 is 2. The van der Waals surface area contributed by atoms with Crippen LogP contribution in [0.5, 0.6) is 23.0 Å². The van der Waals surface area contributed by atoms with Crippen LogP contribution >= 0.6 is 0 Å². The molecular formula is C21H19F2NO6. The molecule has 0 spiro atoms. The van der Waals surface area contributed by atoms with Crippen LogP contribution in [0.15, 0.2) is 47.1 Å². The quantitative estimate of drug-likeness (QED) is 0.475. The van der Waals surface area contributed by atoms with E-state index < -0.39 is 12.6 Å². The van der Waals surface area contributed by atoms with E-state index in [9.17, 15) is 13.6 Å². The van der Waals surface area contributed by atoms with E-state index in [4.69, 9.17) is 18.9 Å². The molecule has 2 aromatic carbocycles. The average molecular weight is 419 g/mol. The molecule has 1 aliphatic rings. The highest BCUT2D eigenvalue weighted by atomic mass is 19.3. The summed E-state index contributed by atoms with van der Waals surface area (Å²) in [6.07, 6.45) is 1.46. The molecule has 0 bridgehead atoms. The van der Waals surface area contributed by atoms with Gasteiger partial charge in [-0.15, -0.1) is 0 Å². The number of benzene rings is 2. The van der Waals surface area contributed by atoms with Crippen LogP contribution in [0.3, 0.4) is 0 Å². The van der Waals surface area contributed by atoms with E-state index in [0.717, 1.165) is 0 Å². The second-order valence-electron chi connectivity index (χ2n) is 5.92. The summed E-state index contributed by atoms with van der Waals surface area (Å²) in [5, 5.41) is 0. The predicted molar refractivity (Wildman–Crippen MR) is 104 cm³/mol. The van der Waals surface area contributed by atoms with Crippen LogP contribution in [-0.2, 0) is 9.53 Å². The molecule has 0 atom stereocenters. The van der Waals surface area contributed by atoms with Crippen molar-refractivity contribution in [2.24, 2.45) is 4.99 Å². The highest BCUT2D eigenvalue weighted by Gasteiger charge is 2.25. The SMILES string of the molecule is CCOc1cc(/C=C2\N=C(c3ccc(OC)c(OC)c3)OC2=O)ccc1OC(F)F. The van der Waals surface area contributed by atoms with E-state index in [0.29, 0.717) is 22.6 Å². The number of rotatable bonds is 8. The standard InChI is InChI=1S/C21H19F2NO6/c1-4-28-18-10-12(5-7-16(18)29-21(22)23)9-14-20(25)30-19(24-14)13-6-8-15(26-2)17(11-13)27-3/h5-11,21H,4H2,1-3H3/b14-9-. The Morgan fingerprint density at radius 2 is 1.77 bits per heavy atom. The Bertz CT molecular complexity index is 1000. The highest BCUT2D eigenvalue weighted by Crippen LogP contribution is 2.32. The minimum absolute atomic E-state index is 0.0461. The normalized spacial score (nSPS) is 14.5. The summed E-state index contributed by atoms with van der Waals surface area (Å²) in [5.74, 6) is 0.472. The summed E-state index contributed by atoms with van der Waals surface area (Å²) in [6, 6.07) is 9.30. The molecule has 0 aliphatic carbocycles. The van der Waals surface area contributed by atoms with Gasteiger partial charge in [-0.2, -0.15) is 8.78 Å². The number of hydrogen-bond donors (Lipinski definition) is 0. The summed E-state index contributed by atoms with van der Waals surface area (Å²) in [5.41, 5.74) is 1.08. The molecule has 0 fully saturated rings. The molecule has 0 unspecified atom stereocenters. The van der Waals surface area contributed by atoms with Crippen LogP contribution in [0.25, 0.3) is 6.08 Å². The number of hydrogen-bond acceptors (Lipinski definition) is 7. The monoisotopic (exact) mass is 419 g/mol. The van der Waals surface area contributed by atoms with Gasteiger partial charge in [-0.1, -0.05) is 6.07 Å². The third-order valence-electron chi connectivity index (χ3n) is 4.04. The van der Waals surface area contributed by atoms with Crippen molar-refractivity contribution in [3.63, 3.8) is 0 Å². The lowest BCUT2D eigenvalue weighted by atomic mass is 10.1. The number of nitrogens with zero attached hydrogens (tertiary/aromatic N) is 1. The molecule has 0 N–H and O–H groups in total. The van der Waals surface area contributed by atoms with Gasteiger partial charge in [0, 0.05) is 5.56 Å². The van der Waals surface area contributed by atoms with Gasteiger partial charge in [0.25, 0.3) is 0 Å². The Kier molecular flexibility index (Phi) is 6.51. The zero-order chi connectivity index (χ0) is 21.7. The van der Waals surface area contributed by atoms with Crippen molar-refractivity contribution in [3.05, 3.63) is 53.2 Å². The van der Waals surface area contributed by atoms with Crippen LogP contribution in [0.2, 0.25) is 0 Å². The summed E-state index contributed by atoms with van der Waals surface area (Å²) in [4.78, 5) is 16.5. The topological polar surface area (TPSA) is 75.6 Å². The van der Waals surface area contributed by atoms with Gasteiger partial charge in [-0.05, 0) is 48.9 Å². The molecule has 1 heterocycles. The van der Waals surface area contributed by atoms with Gasteiger partial charge >= 0.3 is 12.6 Å². The van der Waals surface area contributed by atoms with Crippen molar-refractivity contribution in [1.29, 1.82) is 0 Å². The Hall–Kier alpha value is -3.62. The zero-order valence-corrected chi connectivity index (χ0v) is 16.5. The maximum Gasteiger partial charge on any atom is 0.387 e. The number of cyclic esters (lactones) is 1. The third kappa shape index (κ3) is 4.68. The van der Waals surface area contributed by atoms with Gasteiger partial charge in [0.1, 0.15) is 0 Å². The fourth-order valence-corrected chi connectivity index (χ4v) is 2.74. The van der Waals surface area contributed by atoms with Gasteiger partial charge < -0.3 is 23.7 Å². The van der Waals surface area contributed by atoms with Crippen molar-refractivity contribution >= 4 is 17.9 Å². The lowest BCUT2D eigenvalue weighted by molar-refractivity contribution is -0.129. The van der Waals surface area contributed by atoms with Crippen molar-refractivity contribution in [1.82, 2.24) is 0 Å². The van der Waals surface area contributed by atoms with Crippen molar-refractivity contribution < 1.29 is 37.3 Å². The summed E-state index contributed by atoms with van der Waals surface area (Å²) in [6.45, 7) is -1.01. The van der Waals surface area contributed by atoms with Gasteiger partial charge in [-0.25, -0.2) is 9.79 Å².